The van der Waals surface area contributed by atoms with Gasteiger partial charge in [0.05, 0.1) is 0 Å². The van der Waals surface area contributed by atoms with Crippen molar-refractivity contribution in [2.24, 2.45) is 5.92 Å². The molecule has 0 heterocycles. The van der Waals surface area contributed by atoms with Gasteiger partial charge in [-0.1, -0.05) is 18.9 Å². The van der Waals surface area contributed by atoms with E-state index < -0.39 is 11.6 Å². The minimum Gasteiger partial charge on any atom is -0.313 e. The summed E-state index contributed by atoms with van der Waals surface area (Å²) in [5.74, 6) is -0.208. The highest BCUT2D eigenvalue weighted by atomic mass is 19.1. The molecule has 0 saturated heterocycles. The summed E-state index contributed by atoms with van der Waals surface area (Å²) in [6, 6.07) is 2.63. The summed E-state index contributed by atoms with van der Waals surface area (Å²) in [5, 5.41) is 3.02. The molecule has 1 nitrogen and oxygen atoms in total. The number of benzene rings is 1. The van der Waals surface area contributed by atoms with E-state index in [1.807, 2.05) is 0 Å². The van der Waals surface area contributed by atoms with Crippen molar-refractivity contribution in [3.63, 3.8) is 0 Å². The lowest BCUT2D eigenvalue weighted by atomic mass is 9.98. The van der Waals surface area contributed by atoms with Crippen LogP contribution in [0.25, 0.3) is 0 Å². The van der Waals surface area contributed by atoms with Crippen LogP contribution in [0.4, 0.5) is 8.78 Å². The topological polar surface area (TPSA) is 12.0 Å². The van der Waals surface area contributed by atoms with Gasteiger partial charge in [-0.15, -0.1) is 0 Å². The first kappa shape index (κ1) is 11.5. The van der Waals surface area contributed by atoms with Crippen molar-refractivity contribution in [1.29, 1.82) is 0 Å². The van der Waals surface area contributed by atoms with Crippen LogP contribution in [-0.4, -0.2) is 7.05 Å². The van der Waals surface area contributed by atoms with Crippen LogP contribution in [0.2, 0.25) is 0 Å². The predicted molar refractivity (Wildman–Crippen MR) is 60.2 cm³/mol. The van der Waals surface area contributed by atoms with Gasteiger partial charge in [0, 0.05) is 11.6 Å². The quantitative estimate of drug-likeness (QED) is 0.828. The lowest BCUT2D eigenvalue weighted by Crippen LogP contribution is -2.20. The van der Waals surface area contributed by atoms with Crippen LogP contribution in [0, 0.1) is 24.5 Å². The van der Waals surface area contributed by atoms with E-state index in [2.05, 4.69) is 5.32 Å². The third kappa shape index (κ3) is 2.24. The van der Waals surface area contributed by atoms with Crippen LogP contribution < -0.4 is 5.32 Å². The van der Waals surface area contributed by atoms with E-state index in [1.54, 1.807) is 14.0 Å². The van der Waals surface area contributed by atoms with Crippen molar-refractivity contribution >= 4 is 0 Å². The molecule has 16 heavy (non-hydrogen) atoms. The Kier molecular flexibility index (Phi) is 3.24. The first-order valence-corrected chi connectivity index (χ1v) is 5.75. The van der Waals surface area contributed by atoms with Crippen LogP contribution in [0.5, 0.6) is 0 Å². The Morgan fingerprint density at radius 1 is 1.38 bits per heavy atom. The molecule has 0 bridgehead atoms. The average molecular weight is 225 g/mol. The number of halogens is 2. The van der Waals surface area contributed by atoms with E-state index >= 15 is 0 Å². The molecule has 88 valence electrons. The predicted octanol–water partition coefficient (Wildman–Crippen LogP) is 3.33. The number of rotatable bonds is 4. The molecule has 2 rings (SSSR count). The molecule has 1 saturated carbocycles. The minimum absolute atomic E-state index is 0.201. The lowest BCUT2D eigenvalue weighted by Gasteiger charge is -2.18. The van der Waals surface area contributed by atoms with E-state index in [0.29, 0.717) is 11.5 Å². The van der Waals surface area contributed by atoms with E-state index in [1.165, 1.54) is 25.0 Å². The molecule has 1 aromatic rings. The van der Waals surface area contributed by atoms with Gasteiger partial charge in [-0.3, -0.25) is 0 Å². The summed E-state index contributed by atoms with van der Waals surface area (Å²) in [6.45, 7) is 1.67. The third-order valence-corrected chi connectivity index (χ3v) is 3.28. The Balaban J connectivity index is 2.31. The molecular formula is C13H17F2N. The molecular weight excluding hydrogens is 208 g/mol. The van der Waals surface area contributed by atoms with Gasteiger partial charge in [-0.2, -0.15) is 0 Å². The van der Waals surface area contributed by atoms with E-state index in [4.69, 9.17) is 0 Å². The largest absolute Gasteiger partial charge is 0.313 e. The van der Waals surface area contributed by atoms with Gasteiger partial charge in [0.2, 0.25) is 0 Å². The Morgan fingerprint density at radius 2 is 2.06 bits per heavy atom. The van der Waals surface area contributed by atoms with Crippen LogP contribution in [-0.2, 0) is 0 Å². The van der Waals surface area contributed by atoms with Crippen molar-refractivity contribution in [1.82, 2.24) is 5.32 Å². The van der Waals surface area contributed by atoms with Crippen LogP contribution >= 0.6 is 0 Å². The zero-order chi connectivity index (χ0) is 11.7. The van der Waals surface area contributed by atoms with Gasteiger partial charge < -0.3 is 5.32 Å². The molecule has 1 fully saturated rings. The highest BCUT2D eigenvalue weighted by molar-refractivity contribution is 5.29. The molecule has 0 amide bonds. The average Bonchev–Trinajstić information content (AvgIpc) is 3.06. The number of nitrogens with one attached hydrogen (secondary N) is 1. The molecule has 3 heteroatoms. The normalized spacial score (nSPS) is 17.5. The standard InChI is InChI=1S/C13H17F2N/c1-8-3-6-10(14)12(13(8)15)11(16-2)7-9-4-5-9/h3,6,9,11,16H,4-5,7H2,1-2H3. The van der Waals surface area contributed by atoms with Crippen molar-refractivity contribution in [3.05, 3.63) is 34.9 Å². The zero-order valence-electron chi connectivity index (χ0n) is 9.69. The molecule has 1 atom stereocenters. The van der Waals surface area contributed by atoms with Gasteiger partial charge >= 0.3 is 0 Å². The maximum Gasteiger partial charge on any atom is 0.133 e. The van der Waals surface area contributed by atoms with E-state index in [-0.39, 0.29) is 11.6 Å². The Bertz CT molecular complexity index is 386. The fraction of sp³-hybridized carbons (Fsp3) is 0.538. The van der Waals surface area contributed by atoms with Crippen LogP contribution in [0.15, 0.2) is 12.1 Å². The van der Waals surface area contributed by atoms with Crippen LogP contribution in [0.3, 0.4) is 0 Å². The number of hydrogen-bond acceptors (Lipinski definition) is 1. The Morgan fingerprint density at radius 3 is 2.62 bits per heavy atom. The second-order valence-electron chi connectivity index (χ2n) is 4.61. The second-order valence-corrected chi connectivity index (χ2v) is 4.61. The number of aryl methyl sites for hydroxylation is 1. The molecule has 1 aromatic carbocycles. The molecule has 0 aromatic heterocycles. The highest BCUT2D eigenvalue weighted by Crippen LogP contribution is 2.38. The van der Waals surface area contributed by atoms with Gasteiger partial charge in [-0.25, -0.2) is 8.78 Å². The summed E-state index contributed by atoms with van der Waals surface area (Å²) in [4.78, 5) is 0. The first-order chi connectivity index (χ1) is 7.63. The van der Waals surface area contributed by atoms with Gasteiger partial charge in [-0.05, 0) is 37.9 Å². The van der Waals surface area contributed by atoms with E-state index in [0.717, 1.165) is 6.42 Å². The smallest absolute Gasteiger partial charge is 0.133 e. The SMILES string of the molecule is CNC(CC1CC1)c1c(F)ccc(C)c1F. The molecule has 0 aliphatic heterocycles. The third-order valence-electron chi connectivity index (χ3n) is 3.28. The van der Waals surface area contributed by atoms with Crippen molar-refractivity contribution in [3.8, 4) is 0 Å². The van der Waals surface area contributed by atoms with Crippen molar-refractivity contribution in [2.45, 2.75) is 32.2 Å². The van der Waals surface area contributed by atoms with Crippen molar-refractivity contribution in [2.75, 3.05) is 7.05 Å². The zero-order valence-corrected chi connectivity index (χ0v) is 9.69. The fourth-order valence-electron chi connectivity index (χ4n) is 2.06. The maximum atomic E-state index is 13.9. The Hall–Kier alpha value is -0.960. The number of hydrogen-bond donors (Lipinski definition) is 1. The van der Waals surface area contributed by atoms with Gasteiger partial charge in [0.25, 0.3) is 0 Å². The molecule has 1 N–H and O–H groups in total. The molecule has 1 aliphatic rings. The summed E-state index contributed by atoms with van der Waals surface area (Å²) >= 11 is 0. The van der Waals surface area contributed by atoms with E-state index in [9.17, 15) is 8.78 Å². The first-order valence-electron chi connectivity index (χ1n) is 5.75. The minimum atomic E-state index is -0.442. The van der Waals surface area contributed by atoms with Crippen molar-refractivity contribution < 1.29 is 8.78 Å². The highest BCUT2D eigenvalue weighted by Gasteiger charge is 2.28. The summed E-state index contributed by atoms with van der Waals surface area (Å²) in [7, 11) is 1.76. The maximum absolute atomic E-state index is 13.9. The lowest BCUT2D eigenvalue weighted by molar-refractivity contribution is 0.452. The van der Waals surface area contributed by atoms with Gasteiger partial charge in [0.1, 0.15) is 11.6 Å². The Labute approximate surface area is 94.9 Å². The summed E-state index contributed by atoms with van der Waals surface area (Å²) in [5.41, 5.74) is 0.710. The molecule has 0 radical (unpaired) electrons. The summed E-state index contributed by atoms with van der Waals surface area (Å²) in [6.07, 6.45) is 3.20. The molecule has 0 spiro atoms. The summed E-state index contributed by atoms with van der Waals surface area (Å²) < 4.78 is 27.5. The molecule has 1 aliphatic carbocycles. The fourth-order valence-corrected chi connectivity index (χ4v) is 2.06. The van der Waals surface area contributed by atoms with Gasteiger partial charge in [0.15, 0.2) is 0 Å². The second kappa shape index (κ2) is 4.50. The van der Waals surface area contributed by atoms with Crippen LogP contribution in [0.1, 0.15) is 36.4 Å². The molecule has 1 unspecified atom stereocenters. The monoisotopic (exact) mass is 225 g/mol.